The Bertz CT molecular complexity index is 1080. The van der Waals surface area contributed by atoms with Gasteiger partial charge in [-0.1, -0.05) is 48.4 Å². The number of pyridine rings is 1. The molecule has 1 aliphatic carbocycles. The fourth-order valence-corrected chi connectivity index (χ4v) is 3.92. The molecule has 1 aromatic heterocycles. The van der Waals surface area contributed by atoms with Crippen LogP contribution in [0.15, 0.2) is 48.5 Å². The second kappa shape index (κ2) is 8.62. The fraction of sp³-hybridized carbons (Fsp3) is 0.261. The summed E-state index contributed by atoms with van der Waals surface area (Å²) in [6.45, 7) is -0.379. The van der Waals surface area contributed by atoms with E-state index in [1.165, 1.54) is 0 Å². The van der Waals surface area contributed by atoms with Gasteiger partial charge in [-0.2, -0.15) is 0 Å². The van der Waals surface area contributed by atoms with Crippen molar-refractivity contribution in [2.45, 2.75) is 32.1 Å². The number of benzene rings is 2. The first kappa shape index (κ1) is 19.4. The molecule has 29 heavy (non-hydrogen) atoms. The minimum Gasteiger partial charge on any atom is -0.452 e. The van der Waals surface area contributed by atoms with Gasteiger partial charge in [0.1, 0.15) is 0 Å². The highest BCUT2D eigenvalue weighted by atomic mass is 35.5. The van der Waals surface area contributed by atoms with Gasteiger partial charge in [0.25, 0.3) is 5.91 Å². The van der Waals surface area contributed by atoms with Gasteiger partial charge < -0.3 is 10.1 Å². The van der Waals surface area contributed by atoms with E-state index in [9.17, 15) is 9.59 Å². The van der Waals surface area contributed by atoms with Crippen molar-refractivity contribution in [3.63, 3.8) is 0 Å². The van der Waals surface area contributed by atoms with Crippen LogP contribution < -0.4 is 5.32 Å². The van der Waals surface area contributed by atoms with E-state index >= 15 is 0 Å². The van der Waals surface area contributed by atoms with Gasteiger partial charge in [-0.15, -0.1) is 0 Å². The highest BCUT2D eigenvalue weighted by molar-refractivity contribution is 6.33. The Balaban J connectivity index is 1.57. The zero-order valence-electron chi connectivity index (χ0n) is 15.9. The lowest BCUT2D eigenvalue weighted by atomic mass is 9.97. The van der Waals surface area contributed by atoms with Crippen LogP contribution in [0.3, 0.4) is 0 Å². The predicted octanol–water partition coefficient (Wildman–Crippen LogP) is 4.95. The second-order valence-electron chi connectivity index (χ2n) is 7.09. The van der Waals surface area contributed by atoms with E-state index in [1.807, 2.05) is 24.3 Å². The third-order valence-corrected chi connectivity index (χ3v) is 5.44. The molecule has 5 nitrogen and oxygen atoms in total. The maximum atomic E-state index is 13.0. The molecular weight excluding hydrogens is 388 g/mol. The lowest BCUT2D eigenvalue weighted by molar-refractivity contribution is -0.119. The van der Waals surface area contributed by atoms with Crippen LogP contribution in [-0.4, -0.2) is 23.5 Å². The number of hydrogen-bond donors (Lipinski definition) is 1. The average molecular weight is 409 g/mol. The molecule has 0 bridgehead atoms. The number of amides is 1. The topological polar surface area (TPSA) is 68.3 Å². The van der Waals surface area contributed by atoms with Crippen molar-refractivity contribution in [2.24, 2.45) is 0 Å². The molecule has 0 saturated carbocycles. The second-order valence-corrected chi connectivity index (χ2v) is 7.50. The summed E-state index contributed by atoms with van der Waals surface area (Å²) in [6, 6.07) is 14.5. The number of halogens is 1. The maximum Gasteiger partial charge on any atom is 0.339 e. The number of fused-ring (bicyclic) bond motifs is 2. The van der Waals surface area contributed by atoms with Crippen LogP contribution in [0.2, 0.25) is 5.02 Å². The molecule has 148 valence electrons. The Labute approximate surface area is 174 Å². The molecule has 3 aromatic rings. The average Bonchev–Trinajstić information content (AvgIpc) is 2.97. The van der Waals surface area contributed by atoms with Gasteiger partial charge in [0.05, 0.1) is 21.8 Å². The lowest BCUT2D eigenvalue weighted by Gasteiger charge is -2.15. The van der Waals surface area contributed by atoms with Gasteiger partial charge in [0, 0.05) is 11.1 Å². The third kappa shape index (κ3) is 4.25. The summed E-state index contributed by atoms with van der Waals surface area (Å²) in [7, 11) is 0. The first-order valence-electron chi connectivity index (χ1n) is 9.75. The Morgan fingerprint density at radius 3 is 2.62 bits per heavy atom. The Hall–Kier alpha value is -2.92. The number of ether oxygens (including phenoxy) is 1. The number of nitrogens with zero attached hydrogens (tertiary/aromatic N) is 1. The summed E-state index contributed by atoms with van der Waals surface area (Å²) in [6.07, 6.45) is 4.84. The fourth-order valence-electron chi connectivity index (χ4n) is 3.73. The van der Waals surface area contributed by atoms with Crippen LogP contribution in [0.4, 0.5) is 5.69 Å². The van der Waals surface area contributed by atoms with E-state index in [0.717, 1.165) is 54.3 Å². The first-order valence-corrected chi connectivity index (χ1v) is 10.1. The molecule has 1 amide bonds. The van der Waals surface area contributed by atoms with Crippen LogP contribution in [0.1, 0.15) is 40.9 Å². The molecule has 2 aromatic carbocycles. The number of para-hydroxylation sites is 2. The SMILES string of the molecule is O=C(COC(=O)c1c2c(nc3ccccc13)CCCCC2)Nc1ccccc1Cl. The van der Waals surface area contributed by atoms with Gasteiger partial charge in [0.2, 0.25) is 0 Å². The number of carbonyl (C=O) groups is 2. The molecule has 4 rings (SSSR count). The molecular formula is C23H21ClN2O3. The van der Waals surface area contributed by atoms with Crippen LogP contribution in [-0.2, 0) is 22.4 Å². The molecule has 0 aliphatic heterocycles. The summed E-state index contributed by atoms with van der Waals surface area (Å²) in [5.41, 5.74) is 3.73. The Morgan fingerprint density at radius 2 is 1.76 bits per heavy atom. The van der Waals surface area contributed by atoms with Gasteiger partial charge in [-0.05, 0) is 49.4 Å². The first-order chi connectivity index (χ1) is 14.1. The predicted molar refractivity (Wildman–Crippen MR) is 113 cm³/mol. The van der Waals surface area contributed by atoms with Gasteiger partial charge >= 0.3 is 5.97 Å². The van der Waals surface area contributed by atoms with Crippen LogP contribution in [0, 0.1) is 0 Å². The zero-order chi connectivity index (χ0) is 20.2. The van der Waals surface area contributed by atoms with Crippen molar-refractivity contribution in [3.05, 3.63) is 70.4 Å². The molecule has 0 radical (unpaired) electrons. The maximum absolute atomic E-state index is 13.0. The zero-order valence-corrected chi connectivity index (χ0v) is 16.7. The van der Waals surface area contributed by atoms with Crippen molar-refractivity contribution in [2.75, 3.05) is 11.9 Å². The van der Waals surface area contributed by atoms with Gasteiger partial charge in [0.15, 0.2) is 6.61 Å². The summed E-state index contributed by atoms with van der Waals surface area (Å²) in [4.78, 5) is 30.0. The number of aryl methyl sites for hydroxylation is 1. The molecule has 1 heterocycles. The normalized spacial score (nSPS) is 13.4. The highest BCUT2D eigenvalue weighted by Crippen LogP contribution is 2.29. The van der Waals surface area contributed by atoms with E-state index in [1.54, 1.807) is 24.3 Å². The number of nitrogens with one attached hydrogen (secondary N) is 1. The largest absolute Gasteiger partial charge is 0.452 e. The van der Waals surface area contributed by atoms with E-state index in [4.69, 9.17) is 21.3 Å². The van der Waals surface area contributed by atoms with Gasteiger partial charge in [-0.3, -0.25) is 9.78 Å². The molecule has 0 spiro atoms. The molecule has 0 atom stereocenters. The van der Waals surface area contributed by atoms with Gasteiger partial charge in [-0.25, -0.2) is 4.79 Å². The number of aromatic nitrogens is 1. The highest BCUT2D eigenvalue weighted by Gasteiger charge is 2.23. The molecule has 1 N–H and O–H groups in total. The van der Waals surface area contributed by atoms with Crippen molar-refractivity contribution in [3.8, 4) is 0 Å². The van der Waals surface area contributed by atoms with Crippen LogP contribution >= 0.6 is 11.6 Å². The number of hydrogen-bond acceptors (Lipinski definition) is 4. The quantitative estimate of drug-likeness (QED) is 0.489. The van der Waals surface area contributed by atoms with Crippen LogP contribution in [0.5, 0.6) is 0 Å². The van der Waals surface area contributed by atoms with E-state index in [2.05, 4.69) is 5.32 Å². The Morgan fingerprint density at radius 1 is 1.00 bits per heavy atom. The van der Waals surface area contributed by atoms with E-state index < -0.39 is 11.9 Å². The van der Waals surface area contributed by atoms with Crippen molar-refractivity contribution in [1.29, 1.82) is 0 Å². The van der Waals surface area contributed by atoms with Crippen molar-refractivity contribution < 1.29 is 14.3 Å². The minimum atomic E-state index is -0.490. The van der Waals surface area contributed by atoms with Crippen molar-refractivity contribution >= 4 is 40.1 Å². The molecule has 0 unspecified atom stereocenters. The molecule has 6 heteroatoms. The smallest absolute Gasteiger partial charge is 0.339 e. The molecule has 0 saturated heterocycles. The summed E-state index contributed by atoms with van der Waals surface area (Å²) < 4.78 is 5.40. The third-order valence-electron chi connectivity index (χ3n) is 5.11. The number of anilines is 1. The standard InChI is InChI=1S/C23H21ClN2O3/c24-17-10-5-7-13-20(17)26-21(27)14-29-23(28)22-15-8-2-1-3-11-18(15)25-19-12-6-4-9-16(19)22/h4-7,9-10,12-13H,1-3,8,11,14H2,(H,26,27). The summed E-state index contributed by atoms with van der Waals surface area (Å²) >= 11 is 6.06. The van der Waals surface area contributed by atoms with Crippen molar-refractivity contribution in [1.82, 2.24) is 4.98 Å². The Kier molecular flexibility index (Phi) is 5.76. The summed E-state index contributed by atoms with van der Waals surface area (Å²) in [5.74, 6) is -0.924. The number of carbonyl (C=O) groups excluding carboxylic acids is 2. The number of rotatable bonds is 4. The van der Waals surface area contributed by atoms with E-state index in [-0.39, 0.29) is 6.61 Å². The molecule has 1 aliphatic rings. The van der Waals surface area contributed by atoms with E-state index in [0.29, 0.717) is 16.3 Å². The van der Waals surface area contributed by atoms with Crippen LogP contribution in [0.25, 0.3) is 10.9 Å². The lowest BCUT2D eigenvalue weighted by Crippen LogP contribution is -2.22. The molecule has 0 fully saturated rings. The number of esters is 1. The minimum absolute atomic E-state index is 0.379. The summed E-state index contributed by atoms with van der Waals surface area (Å²) in [5, 5.41) is 3.86. The monoisotopic (exact) mass is 408 g/mol.